The fraction of sp³-hybridized carbons (Fsp3) is 0.120. The second-order valence-corrected chi connectivity index (χ2v) is 8.75. The van der Waals surface area contributed by atoms with Crippen molar-refractivity contribution in [2.24, 2.45) is 0 Å². The summed E-state index contributed by atoms with van der Waals surface area (Å²) in [6.07, 6.45) is 0. The number of aromatic nitrogens is 2. The van der Waals surface area contributed by atoms with Crippen LogP contribution in [-0.2, 0) is 13.2 Å². The Morgan fingerprint density at radius 3 is 2.64 bits per heavy atom. The lowest BCUT2D eigenvalue weighted by molar-refractivity contribution is 0.102. The molecule has 0 radical (unpaired) electrons. The zero-order valence-corrected chi connectivity index (χ0v) is 20.0. The lowest BCUT2D eigenvalue weighted by Gasteiger charge is -2.09. The van der Waals surface area contributed by atoms with Crippen molar-refractivity contribution >= 4 is 39.3 Å². The van der Waals surface area contributed by atoms with Crippen molar-refractivity contribution in [1.82, 2.24) is 9.78 Å². The molecule has 3 aromatic carbocycles. The predicted octanol–water partition coefficient (Wildman–Crippen LogP) is 6.63. The number of hydrogen-bond acceptors (Lipinski definition) is 3. The number of halogens is 3. The molecule has 0 saturated carbocycles. The van der Waals surface area contributed by atoms with Gasteiger partial charge < -0.3 is 10.1 Å². The van der Waals surface area contributed by atoms with Crippen LogP contribution in [0.3, 0.4) is 0 Å². The molecule has 0 aliphatic carbocycles. The highest BCUT2D eigenvalue weighted by molar-refractivity contribution is 9.10. The van der Waals surface area contributed by atoms with Crippen LogP contribution in [0.4, 0.5) is 10.2 Å². The van der Waals surface area contributed by atoms with Gasteiger partial charge in [-0.05, 0) is 61.0 Å². The molecule has 0 spiro atoms. The summed E-state index contributed by atoms with van der Waals surface area (Å²) in [5.41, 5.74) is 2.46. The van der Waals surface area contributed by atoms with E-state index in [4.69, 9.17) is 16.3 Å². The Morgan fingerprint density at radius 1 is 1.12 bits per heavy atom. The number of aryl methyl sites for hydroxylation is 1. The van der Waals surface area contributed by atoms with Crippen LogP contribution in [-0.4, -0.2) is 15.7 Å². The number of carbonyl (C=O) groups excluding carboxylic acids is 1. The SMILES string of the molecule is Cc1cc(NC(=O)c2cccc(COc3ccc(Br)cc3)c2)nn1Cc1c(F)cccc1Cl. The number of rotatable bonds is 7. The molecule has 5 nitrogen and oxygen atoms in total. The fourth-order valence-electron chi connectivity index (χ4n) is 3.25. The van der Waals surface area contributed by atoms with Gasteiger partial charge in [0.05, 0.1) is 6.54 Å². The van der Waals surface area contributed by atoms with Crippen molar-refractivity contribution in [3.63, 3.8) is 0 Å². The van der Waals surface area contributed by atoms with Crippen molar-refractivity contribution in [2.75, 3.05) is 5.32 Å². The summed E-state index contributed by atoms with van der Waals surface area (Å²) < 4.78 is 22.5. The second kappa shape index (κ2) is 10.2. The number of ether oxygens (including phenoxy) is 1. The van der Waals surface area contributed by atoms with E-state index in [1.165, 1.54) is 6.07 Å². The number of amides is 1. The summed E-state index contributed by atoms with van der Waals surface area (Å²) in [4.78, 5) is 12.8. The van der Waals surface area contributed by atoms with Crippen LogP contribution < -0.4 is 10.1 Å². The molecule has 1 N–H and O–H groups in total. The molecule has 1 aromatic heterocycles. The Bertz CT molecular complexity index is 1270. The van der Waals surface area contributed by atoms with Gasteiger partial charge in [0.15, 0.2) is 5.82 Å². The Morgan fingerprint density at radius 2 is 1.88 bits per heavy atom. The zero-order valence-electron chi connectivity index (χ0n) is 17.7. The summed E-state index contributed by atoms with van der Waals surface area (Å²) in [5, 5.41) is 7.52. The number of hydrogen-bond donors (Lipinski definition) is 1. The van der Waals surface area contributed by atoms with Gasteiger partial charge in [0.25, 0.3) is 5.91 Å². The molecule has 4 aromatic rings. The van der Waals surface area contributed by atoms with Gasteiger partial charge in [-0.2, -0.15) is 5.10 Å². The molecule has 0 fully saturated rings. The van der Waals surface area contributed by atoms with Gasteiger partial charge in [-0.3, -0.25) is 9.48 Å². The minimum absolute atomic E-state index is 0.163. The zero-order chi connectivity index (χ0) is 23.4. The van der Waals surface area contributed by atoms with E-state index >= 15 is 0 Å². The number of nitrogens with one attached hydrogen (secondary N) is 1. The molecule has 0 atom stereocenters. The molecule has 1 amide bonds. The summed E-state index contributed by atoms with van der Waals surface area (Å²) >= 11 is 9.52. The van der Waals surface area contributed by atoms with Crippen LogP contribution in [0, 0.1) is 12.7 Å². The maximum Gasteiger partial charge on any atom is 0.256 e. The van der Waals surface area contributed by atoms with Gasteiger partial charge in [-0.25, -0.2) is 4.39 Å². The number of anilines is 1. The maximum atomic E-state index is 14.1. The minimum Gasteiger partial charge on any atom is -0.489 e. The Kier molecular flexibility index (Phi) is 7.11. The molecule has 0 unspecified atom stereocenters. The van der Waals surface area contributed by atoms with E-state index in [0.717, 1.165) is 21.5 Å². The van der Waals surface area contributed by atoms with Crippen molar-refractivity contribution < 1.29 is 13.9 Å². The summed E-state index contributed by atoms with van der Waals surface area (Å²) in [5.74, 6) is 0.421. The third-order valence-corrected chi connectivity index (χ3v) is 5.88. The van der Waals surface area contributed by atoms with Gasteiger partial charge in [-0.1, -0.05) is 45.7 Å². The number of benzene rings is 3. The first-order chi connectivity index (χ1) is 15.9. The first-order valence-electron chi connectivity index (χ1n) is 10.1. The molecule has 0 aliphatic rings. The number of carbonyl (C=O) groups is 1. The van der Waals surface area contributed by atoms with E-state index in [1.54, 1.807) is 41.1 Å². The standard InChI is InChI=1S/C25H20BrClFN3O2/c1-16-12-24(30-31(16)14-21-22(27)6-3-7-23(21)28)29-25(32)18-5-2-4-17(13-18)15-33-20-10-8-19(26)9-11-20/h2-13H,14-15H2,1H3,(H,29,30,32). The summed E-state index contributed by atoms with van der Waals surface area (Å²) in [6, 6.07) is 21.0. The van der Waals surface area contributed by atoms with Crippen LogP contribution in [0.5, 0.6) is 5.75 Å². The third kappa shape index (κ3) is 5.80. The van der Waals surface area contributed by atoms with Crippen LogP contribution in [0.1, 0.15) is 27.2 Å². The van der Waals surface area contributed by atoms with Crippen molar-refractivity contribution in [1.29, 1.82) is 0 Å². The highest BCUT2D eigenvalue weighted by Gasteiger charge is 2.14. The predicted molar refractivity (Wildman–Crippen MR) is 130 cm³/mol. The summed E-state index contributed by atoms with van der Waals surface area (Å²) in [6.45, 7) is 2.33. The average molecular weight is 529 g/mol. The quantitative estimate of drug-likeness (QED) is 0.293. The third-order valence-electron chi connectivity index (χ3n) is 5.00. The van der Waals surface area contributed by atoms with E-state index in [0.29, 0.717) is 28.6 Å². The molecule has 8 heteroatoms. The smallest absolute Gasteiger partial charge is 0.256 e. The first kappa shape index (κ1) is 23.0. The molecular weight excluding hydrogens is 509 g/mol. The van der Waals surface area contributed by atoms with E-state index < -0.39 is 5.82 Å². The van der Waals surface area contributed by atoms with Gasteiger partial charge in [0.1, 0.15) is 18.2 Å². The molecule has 168 valence electrons. The van der Waals surface area contributed by atoms with Crippen LogP contribution in [0.2, 0.25) is 5.02 Å². The largest absolute Gasteiger partial charge is 0.489 e. The van der Waals surface area contributed by atoms with Gasteiger partial charge in [0.2, 0.25) is 0 Å². The van der Waals surface area contributed by atoms with Crippen LogP contribution >= 0.6 is 27.5 Å². The topological polar surface area (TPSA) is 56.1 Å². The lowest BCUT2D eigenvalue weighted by Crippen LogP contribution is -2.13. The minimum atomic E-state index is -0.398. The van der Waals surface area contributed by atoms with Crippen LogP contribution in [0.25, 0.3) is 0 Å². The molecule has 1 heterocycles. The van der Waals surface area contributed by atoms with Crippen molar-refractivity contribution in [2.45, 2.75) is 20.1 Å². The molecule has 33 heavy (non-hydrogen) atoms. The maximum absolute atomic E-state index is 14.1. The molecule has 0 saturated heterocycles. The molecular formula is C25H20BrClFN3O2. The monoisotopic (exact) mass is 527 g/mol. The lowest BCUT2D eigenvalue weighted by atomic mass is 10.1. The highest BCUT2D eigenvalue weighted by atomic mass is 79.9. The van der Waals surface area contributed by atoms with E-state index in [1.807, 2.05) is 37.3 Å². The first-order valence-corrected chi connectivity index (χ1v) is 11.3. The highest BCUT2D eigenvalue weighted by Crippen LogP contribution is 2.22. The van der Waals surface area contributed by atoms with Crippen molar-refractivity contribution in [3.8, 4) is 5.75 Å². The molecule has 4 rings (SSSR count). The Labute approximate surface area is 204 Å². The van der Waals surface area contributed by atoms with E-state index in [-0.39, 0.29) is 12.5 Å². The Hall–Kier alpha value is -3.16. The average Bonchev–Trinajstić information content (AvgIpc) is 3.14. The fourth-order valence-corrected chi connectivity index (χ4v) is 3.74. The van der Waals surface area contributed by atoms with Crippen molar-refractivity contribution in [3.05, 3.63) is 110 Å². The van der Waals surface area contributed by atoms with Gasteiger partial charge in [0, 0.05) is 32.4 Å². The van der Waals surface area contributed by atoms with Gasteiger partial charge >= 0.3 is 0 Å². The molecule has 0 aliphatic heterocycles. The van der Waals surface area contributed by atoms with E-state index in [9.17, 15) is 9.18 Å². The van der Waals surface area contributed by atoms with E-state index in [2.05, 4.69) is 26.3 Å². The molecule has 0 bridgehead atoms. The second-order valence-electron chi connectivity index (χ2n) is 7.43. The summed E-state index contributed by atoms with van der Waals surface area (Å²) in [7, 11) is 0. The van der Waals surface area contributed by atoms with Crippen LogP contribution in [0.15, 0.2) is 77.3 Å². The van der Waals surface area contributed by atoms with Gasteiger partial charge in [-0.15, -0.1) is 0 Å². The normalized spacial score (nSPS) is 10.8. The number of nitrogens with zero attached hydrogens (tertiary/aromatic N) is 2. The Balaban J connectivity index is 1.42.